The summed E-state index contributed by atoms with van der Waals surface area (Å²) < 4.78 is 0. The highest BCUT2D eigenvalue weighted by molar-refractivity contribution is 5.39. The first kappa shape index (κ1) is 26.7. The number of hydrogen-bond donors (Lipinski definition) is 3. The molecule has 1 aromatic carbocycles. The maximum absolute atomic E-state index is 11.2. The van der Waals surface area contributed by atoms with E-state index in [0.29, 0.717) is 24.7 Å². The lowest BCUT2D eigenvalue weighted by Gasteiger charge is -2.43. The lowest BCUT2D eigenvalue weighted by molar-refractivity contribution is 0.0862. The number of benzene rings is 1. The molecule has 6 atom stereocenters. The van der Waals surface area contributed by atoms with Crippen LogP contribution in [0.2, 0.25) is 0 Å². The van der Waals surface area contributed by atoms with Crippen LogP contribution in [0.4, 0.5) is 0 Å². The molecule has 4 aliphatic carbocycles. The Labute approximate surface area is 223 Å². The van der Waals surface area contributed by atoms with Crippen molar-refractivity contribution in [2.24, 2.45) is 17.3 Å². The summed E-state index contributed by atoms with van der Waals surface area (Å²) in [5.41, 5.74) is 7.50. The molecule has 5 rings (SSSR count). The molecule has 0 aliphatic heterocycles. The van der Waals surface area contributed by atoms with Gasteiger partial charge in [-0.05, 0) is 106 Å². The molecule has 1 aromatic rings. The molecule has 4 aliphatic rings. The summed E-state index contributed by atoms with van der Waals surface area (Å²) in [6, 6.07) is 8.75. The molecule has 0 spiro atoms. The first-order chi connectivity index (χ1) is 17.6. The molecule has 200 valence electrons. The van der Waals surface area contributed by atoms with Gasteiger partial charge >= 0.3 is 0 Å². The Morgan fingerprint density at radius 1 is 1.11 bits per heavy atom. The highest BCUT2D eigenvalue weighted by Crippen LogP contribution is 2.59. The Morgan fingerprint density at radius 2 is 1.84 bits per heavy atom. The largest absolute Gasteiger partial charge is 0.393 e. The van der Waals surface area contributed by atoms with Gasteiger partial charge in [-0.3, -0.25) is 0 Å². The van der Waals surface area contributed by atoms with Crippen LogP contribution in [0.25, 0.3) is 0 Å². The second kappa shape index (κ2) is 10.3. The molecular formula is C34H46O3. The minimum atomic E-state index is -0.634. The van der Waals surface area contributed by atoms with Crippen LogP contribution in [0.1, 0.15) is 89.2 Å². The first-order valence-electron chi connectivity index (χ1n) is 14.5. The number of aliphatic hydroxyl groups excluding tert-OH is 3. The third kappa shape index (κ3) is 5.07. The molecule has 0 unspecified atom stereocenters. The topological polar surface area (TPSA) is 60.7 Å². The maximum atomic E-state index is 11.2. The van der Waals surface area contributed by atoms with E-state index in [-0.39, 0.29) is 16.9 Å². The van der Waals surface area contributed by atoms with Gasteiger partial charge in [-0.2, -0.15) is 0 Å². The lowest BCUT2D eigenvalue weighted by Crippen LogP contribution is -2.34. The predicted molar refractivity (Wildman–Crippen MR) is 151 cm³/mol. The molecule has 4 fully saturated rings. The minimum Gasteiger partial charge on any atom is -0.393 e. The van der Waals surface area contributed by atoms with Crippen LogP contribution in [-0.2, 0) is 5.41 Å². The quantitative estimate of drug-likeness (QED) is 0.372. The number of aryl methyl sites for hydroxylation is 1. The molecule has 0 heterocycles. The number of allylic oxidation sites excluding steroid dienone is 4. The van der Waals surface area contributed by atoms with E-state index in [2.05, 4.69) is 69.8 Å². The zero-order valence-electron chi connectivity index (χ0n) is 23.0. The molecule has 0 bridgehead atoms. The summed E-state index contributed by atoms with van der Waals surface area (Å²) in [5.74, 6) is 1.13. The molecule has 3 N–H and O–H groups in total. The van der Waals surface area contributed by atoms with E-state index < -0.39 is 12.2 Å². The zero-order valence-corrected chi connectivity index (χ0v) is 23.0. The van der Waals surface area contributed by atoms with Crippen LogP contribution in [0.5, 0.6) is 0 Å². The van der Waals surface area contributed by atoms with Crippen molar-refractivity contribution in [3.63, 3.8) is 0 Å². The van der Waals surface area contributed by atoms with Crippen LogP contribution in [0.3, 0.4) is 0 Å². The summed E-state index contributed by atoms with van der Waals surface area (Å²) in [6.07, 6.45) is 15.2. The van der Waals surface area contributed by atoms with Crippen LogP contribution >= 0.6 is 0 Å². The van der Waals surface area contributed by atoms with Crippen molar-refractivity contribution in [3.8, 4) is 0 Å². The van der Waals surface area contributed by atoms with Crippen molar-refractivity contribution in [3.05, 3.63) is 82.5 Å². The molecule has 4 saturated carbocycles. The average molecular weight is 503 g/mol. The van der Waals surface area contributed by atoms with Gasteiger partial charge in [0, 0.05) is 11.8 Å². The molecule has 3 nitrogen and oxygen atoms in total. The lowest BCUT2D eigenvalue weighted by atomic mass is 9.62. The van der Waals surface area contributed by atoms with E-state index in [0.717, 1.165) is 36.8 Å². The highest BCUT2D eigenvalue weighted by atomic mass is 16.3. The van der Waals surface area contributed by atoms with Gasteiger partial charge in [-0.15, -0.1) is 0 Å². The third-order valence-electron chi connectivity index (χ3n) is 10.5. The monoisotopic (exact) mass is 502 g/mol. The predicted octanol–water partition coefficient (Wildman–Crippen LogP) is 6.86. The van der Waals surface area contributed by atoms with Gasteiger partial charge in [0.15, 0.2) is 0 Å². The Bertz CT molecular complexity index is 1100. The van der Waals surface area contributed by atoms with E-state index in [9.17, 15) is 15.3 Å². The van der Waals surface area contributed by atoms with E-state index in [1.165, 1.54) is 48.0 Å². The maximum Gasteiger partial charge on any atom is 0.0811 e. The minimum absolute atomic E-state index is 0.0505. The number of rotatable bonds is 6. The first-order valence-corrected chi connectivity index (χ1v) is 14.5. The fourth-order valence-corrected chi connectivity index (χ4v) is 7.95. The van der Waals surface area contributed by atoms with Crippen molar-refractivity contribution in [1.29, 1.82) is 0 Å². The summed E-state index contributed by atoms with van der Waals surface area (Å²) >= 11 is 0. The Morgan fingerprint density at radius 3 is 2.54 bits per heavy atom. The third-order valence-corrected chi connectivity index (χ3v) is 10.5. The van der Waals surface area contributed by atoms with Crippen LogP contribution < -0.4 is 0 Å². The standard InChI is InChI=1S/C34H46O3/c1-22-7-12-27(13-8-22)34(18-19-34)32(37)16-9-23(2)29-14-15-30-25(6-5-17-33(29,30)4)10-11-26-20-28(35)21-31(36)24(26)3/h7-13,28-32,35-37H,3,5-6,14-21H2,1-2,4H3/t28-,29-,30+,31+,32-,33-/m1/s1. The molecule has 0 saturated heterocycles. The highest BCUT2D eigenvalue weighted by Gasteiger charge is 2.51. The van der Waals surface area contributed by atoms with Gasteiger partial charge in [0.1, 0.15) is 0 Å². The second-order valence-electron chi connectivity index (χ2n) is 12.8. The molecule has 37 heavy (non-hydrogen) atoms. The van der Waals surface area contributed by atoms with E-state index >= 15 is 0 Å². The fraction of sp³-hybridized carbons (Fsp3) is 0.588. The van der Waals surface area contributed by atoms with Gasteiger partial charge in [-0.1, -0.05) is 72.7 Å². The molecule has 0 aromatic heterocycles. The van der Waals surface area contributed by atoms with Gasteiger partial charge in [0.2, 0.25) is 0 Å². The molecule has 0 radical (unpaired) electrons. The summed E-state index contributed by atoms with van der Waals surface area (Å²) in [4.78, 5) is 0. The van der Waals surface area contributed by atoms with Crippen LogP contribution in [0, 0.1) is 24.2 Å². The zero-order chi connectivity index (χ0) is 26.4. The van der Waals surface area contributed by atoms with Crippen molar-refractivity contribution in [2.75, 3.05) is 0 Å². The van der Waals surface area contributed by atoms with Crippen molar-refractivity contribution >= 4 is 0 Å². The van der Waals surface area contributed by atoms with Gasteiger partial charge in [-0.25, -0.2) is 0 Å². The fourth-order valence-electron chi connectivity index (χ4n) is 7.95. The molecule has 3 heteroatoms. The average Bonchev–Trinajstić information content (AvgIpc) is 3.60. The van der Waals surface area contributed by atoms with Crippen molar-refractivity contribution in [2.45, 2.75) is 109 Å². The smallest absolute Gasteiger partial charge is 0.0811 e. The van der Waals surface area contributed by atoms with Gasteiger partial charge < -0.3 is 15.3 Å². The number of fused-ring (bicyclic) bond motifs is 1. The van der Waals surface area contributed by atoms with Gasteiger partial charge in [0.25, 0.3) is 0 Å². The summed E-state index contributed by atoms with van der Waals surface area (Å²) in [6.45, 7) is 11.0. The van der Waals surface area contributed by atoms with Crippen LogP contribution in [0.15, 0.2) is 71.4 Å². The molecule has 0 amide bonds. The second-order valence-corrected chi connectivity index (χ2v) is 12.8. The summed E-state index contributed by atoms with van der Waals surface area (Å²) in [7, 11) is 0. The van der Waals surface area contributed by atoms with E-state index in [4.69, 9.17) is 0 Å². The van der Waals surface area contributed by atoms with E-state index in [1.807, 2.05) is 0 Å². The van der Waals surface area contributed by atoms with Crippen LogP contribution in [-0.4, -0.2) is 33.6 Å². The Balaban J connectivity index is 1.29. The van der Waals surface area contributed by atoms with Gasteiger partial charge in [0.05, 0.1) is 18.3 Å². The van der Waals surface area contributed by atoms with Crippen molar-refractivity contribution in [1.82, 2.24) is 0 Å². The van der Waals surface area contributed by atoms with E-state index in [1.54, 1.807) is 0 Å². The van der Waals surface area contributed by atoms with Crippen molar-refractivity contribution < 1.29 is 15.3 Å². The number of hydrogen-bond acceptors (Lipinski definition) is 3. The SMILES string of the molecule is C=C1C(=CC=C2CCC[C@]3(C)[C@@H](C(C)=CC[C@@H](O)C4(c5ccc(C)cc5)CC4)CC[C@@H]23)C[C@@H](O)C[C@@H]1O. The Kier molecular flexibility index (Phi) is 7.44. The normalized spacial score (nSPS) is 36.6. The summed E-state index contributed by atoms with van der Waals surface area (Å²) in [5, 5.41) is 31.6. The number of aliphatic hydroxyl groups is 3. The molecular weight excluding hydrogens is 456 g/mol. The Hall–Kier alpha value is -1.94.